The van der Waals surface area contributed by atoms with Gasteiger partial charge in [-0.2, -0.15) is 0 Å². The number of hydrogen-bond acceptors (Lipinski definition) is 5. The van der Waals surface area contributed by atoms with Crippen molar-refractivity contribution >= 4 is 22.6 Å². The molecule has 1 saturated heterocycles. The summed E-state index contributed by atoms with van der Waals surface area (Å²) in [4.78, 5) is 23.9. The largest absolute Gasteiger partial charge is 0.472 e. The number of fused-ring (bicyclic) bond motifs is 1. The molecule has 128 valence electrons. The summed E-state index contributed by atoms with van der Waals surface area (Å²) in [5.41, 5.74) is 2.56. The zero-order valence-corrected chi connectivity index (χ0v) is 14.2. The highest BCUT2D eigenvalue weighted by Crippen LogP contribution is 2.28. The highest BCUT2D eigenvalue weighted by atomic mass is 16.3. The molecule has 25 heavy (non-hydrogen) atoms. The van der Waals surface area contributed by atoms with Crippen molar-refractivity contribution in [1.29, 1.82) is 0 Å². The third-order valence-corrected chi connectivity index (χ3v) is 4.55. The van der Waals surface area contributed by atoms with Crippen molar-refractivity contribution in [3.63, 3.8) is 0 Å². The Bertz CT molecular complexity index is 899. The number of anilines is 1. The Morgan fingerprint density at radius 3 is 2.84 bits per heavy atom. The second kappa shape index (κ2) is 6.55. The minimum absolute atomic E-state index is 0.190. The first-order valence-corrected chi connectivity index (χ1v) is 8.54. The average molecular weight is 336 g/mol. The molecule has 0 radical (unpaired) electrons. The van der Waals surface area contributed by atoms with Crippen molar-refractivity contribution in [1.82, 2.24) is 15.3 Å². The van der Waals surface area contributed by atoms with Gasteiger partial charge in [0.15, 0.2) is 5.82 Å². The molecule has 1 aliphatic rings. The maximum absolute atomic E-state index is 12.1. The van der Waals surface area contributed by atoms with Gasteiger partial charge in [0.1, 0.15) is 12.1 Å². The lowest BCUT2D eigenvalue weighted by molar-refractivity contribution is 0.0949. The first kappa shape index (κ1) is 15.6. The fourth-order valence-corrected chi connectivity index (χ4v) is 3.23. The Balaban J connectivity index is 1.66. The molecule has 0 atom stereocenters. The fraction of sp³-hybridized carbons (Fsp3) is 0.316. The molecule has 3 heterocycles. The van der Waals surface area contributed by atoms with Gasteiger partial charge in [-0.05, 0) is 37.5 Å². The first-order valence-electron chi connectivity index (χ1n) is 8.54. The van der Waals surface area contributed by atoms with Gasteiger partial charge in [0.05, 0.1) is 23.9 Å². The number of furan rings is 1. The quantitative estimate of drug-likeness (QED) is 0.793. The molecule has 0 spiro atoms. The maximum atomic E-state index is 12.1. The lowest BCUT2D eigenvalue weighted by Gasteiger charge is -2.20. The lowest BCUT2D eigenvalue weighted by Crippen LogP contribution is -2.25. The van der Waals surface area contributed by atoms with Crippen molar-refractivity contribution in [3.05, 3.63) is 53.7 Å². The number of para-hydroxylation sites is 1. The molecule has 1 amide bonds. The zero-order valence-electron chi connectivity index (χ0n) is 14.2. The van der Waals surface area contributed by atoms with Crippen LogP contribution < -0.4 is 10.2 Å². The van der Waals surface area contributed by atoms with Crippen molar-refractivity contribution in [2.75, 3.05) is 18.0 Å². The molecule has 0 unspecified atom stereocenters. The minimum atomic E-state index is -0.190. The van der Waals surface area contributed by atoms with Crippen LogP contribution in [0.25, 0.3) is 10.9 Å². The topological polar surface area (TPSA) is 71.3 Å². The number of hydrogen-bond donors (Lipinski definition) is 1. The second-order valence-electron chi connectivity index (χ2n) is 6.32. The van der Waals surface area contributed by atoms with Crippen LogP contribution in [0.3, 0.4) is 0 Å². The number of carbonyl (C=O) groups excluding carboxylic acids is 1. The van der Waals surface area contributed by atoms with E-state index in [1.807, 2.05) is 6.07 Å². The molecular weight excluding hydrogens is 316 g/mol. The van der Waals surface area contributed by atoms with Crippen LogP contribution in [0.2, 0.25) is 0 Å². The number of nitrogens with one attached hydrogen (secondary N) is 1. The van der Waals surface area contributed by atoms with Crippen LogP contribution in [0, 0.1) is 6.92 Å². The van der Waals surface area contributed by atoms with E-state index >= 15 is 0 Å². The van der Waals surface area contributed by atoms with Crippen LogP contribution >= 0.6 is 0 Å². The second-order valence-corrected chi connectivity index (χ2v) is 6.32. The Kier molecular flexibility index (Phi) is 4.09. The predicted octanol–water partition coefficient (Wildman–Crippen LogP) is 3.06. The van der Waals surface area contributed by atoms with Crippen LogP contribution in [0.5, 0.6) is 0 Å². The Morgan fingerprint density at radius 2 is 2.08 bits per heavy atom. The number of benzene rings is 1. The number of nitrogens with zero attached hydrogens (tertiary/aromatic N) is 3. The van der Waals surface area contributed by atoms with Gasteiger partial charge in [0, 0.05) is 18.5 Å². The first-order chi connectivity index (χ1) is 12.2. The van der Waals surface area contributed by atoms with E-state index in [9.17, 15) is 4.79 Å². The Hall–Kier alpha value is -2.89. The van der Waals surface area contributed by atoms with Gasteiger partial charge >= 0.3 is 0 Å². The summed E-state index contributed by atoms with van der Waals surface area (Å²) in [5.74, 6) is 1.41. The summed E-state index contributed by atoms with van der Waals surface area (Å²) < 4.78 is 4.95. The number of aromatic nitrogens is 2. The Morgan fingerprint density at radius 1 is 1.24 bits per heavy atom. The molecule has 1 aliphatic heterocycles. The number of carbonyl (C=O) groups is 1. The van der Waals surface area contributed by atoms with Gasteiger partial charge < -0.3 is 14.6 Å². The summed E-state index contributed by atoms with van der Waals surface area (Å²) in [7, 11) is 0. The monoisotopic (exact) mass is 336 g/mol. The zero-order chi connectivity index (χ0) is 17.2. The minimum Gasteiger partial charge on any atom is -0.472 e. The molecule has 1 fully saturated rings. The number of aryl methyl sites for hydroxylation is 1. The molecule has 0 saturated carbocycles. The van der Waals surface area contributed by atoms with E-state index in [1.54, 1.807) is 6.07 Å². The smallest absolute Gasteiger partial charge is 0.254 e. The van der Waals surface area contributed by atoms with Gasteiger partial charge in [-0.25, -0.2) is 9.97 Å². The van der Waals surface area contributed by atoms with Crippen molar-refractivity contribution in [2.24, 2.45) is 0 Å². The van der Waals surface area contributed by atoms with E-state index in [0.29, 0.717) is 11.4 Å². The molecule has 2 aromatic heterocycles. The van der Waals surface area contributed by atoms with Crippen molar-refractivity contribution < 1.29 is 9.21 Å². The summed E-state index contributed by atoms with van der Waals surface area (Å²) >= 11 is 0. The average Bonchev–Trinajstić information content (AvgIpc) is 3.33. The molecular formula is C19H20N4O2. The highest BCUT2D eigenvalue weighted by Gasteiger charge is 2.19. The van der Waals surface area contributed by atoms with Gasteiger partial charge in [0.25, 0.3) is 5.91 Å². The van der Waals surface area contributed by atoms with Crippen LogP contribution in [-0.4, -0.2) is 29.0 Å². The van der Waals surface area contributed by atoms with Crippen LogP contribution in [-0.2, 0) is 6.54 Å². The summed E-state index contributed by atoms with van der Waals surface area (Å²) in [6, 6.07) is 7.80. The van der Waals surface area contributed by atoms with E-state index < -0.39 is 0 Å². The van der Waals surface area contributed by atoms with E-state index in [2.05, 4.69) is 34.3 Å². The maximum Gasteiger partial charge on any atom is 0.254 e. The third kappa shape index (κ3) is 3.07. The van der Waals surface area contributed by atoms with Crippen molar-refractivity contribution in [2.45, 2.75) is 26.3 Å². The molecule has 6 heteroatoms. The van der Waals surface area contributed by atoms with Crippen LogP contribution in [0.15, 0.2) is 41.2 Å². The molecule has 3 aromatic rings. The SMILES string of the molecule is Cc1cccc2c(N3CCCC3)nc(CNC(=O)c3ccoc3)nc12. The van der Waals surface area contributed by atoms with Crippen LogP contribution in [0.1, 0.15) is 34.6 Å². The van der Waals surface area contributed by atoms with Gasteiger partial charge in [-0.3, -0.25) is 4.79 Å². The fourth-order valence-electron chi connectivity index (χ4n) is 3.23. The number of amides is 1. The molecule has 4 rings (SSSR count). The van der Waals surface area contributed by atoms with E-state index in [0.717, 1.165) is 35.4 Å². The lowest BCUT2D eigenvalue weighted by atomic mass is 10.1. The van der Waals surface area contributed by atoms with Gasteiger partial charge in [-0.1, -0.05) is 12.1 Å². The van der Waals surface area contributed by atoms with Gasteiger partial charge in [0.2, 0.25) is 0 Å². The van der Waals surface area contributed by atoms with E-state index in [4.69, 9.17) is 9.40 Å². The molecule has 1 aromatic carbocycles. The molecule has 0 aliphatic carbocycles. The number of rotatable bonds is 4. The summed E-state index contributed by atoms with van der Waals surface area (Å²) in [6.45, 7) is 4.37. The predicted molar refractivity (Wildman–Crippen MR) is 95.6 cm³/mol. The van der Waals surface area contributed by atoms with Crippen LogP contribution in [0.4, 0.5) is 5.82 Å². The standard InChI is InChI=1S/C19H20N4O2/c1-13-5-4-6-15-17(13)21-16(22-18(15)23-8-2-3-9-23)11-20-19(24)14-7-10-25-12-14/h4-7,10,12H,2-3,8-9,11H2,1H3,(H,20,24). The van der Waals surface area contributed by atoms with Gasteiger partial charge in [-0.15, -0.1) is 0 Å². The van der Waals surface area contributed by atoms with E-state index in [-0.39, 0.29) is 12.5 Å². The summed E-state index contributed by atoms with van der Waals surface area (Å²) in [6.07, 6.45) is 5.28. The van der Waals surface area contributed by atoms with Crippen molar-refractivity contribution in [3.8, 4) is 0 Å². The molecule has 1 N–H and O–H groups in total. The Labute approximate surface area is 145 Å². The summed E-state index contributed by atoms with van der Waals surface area (Å²) in [5, 5.41) is 3.94. The highest BCUT2D eigenvalue weighted by molar-refractivity contribution is 5.94. The normalized spacial score (nSPS) is 14.2. The van der Waals surface area contributed by atoms with E-state index in [1.165, 1.54) is 25.4 Å². The third-order valence-electron chi connectivity index (χ3n) is 4.55. The molecule has 0 bridgehead atoms. The molecule has 6 nitrogen and oxygen atoms in total.